The Morgan fingerprint density at radius 1 is 1.19 bits per heavy atom. The Balaban J connectivity index is 3.03. The van der Waals surface area contributed by atoms with E-state index in [0.717, 1.165) is 17.0 Å². The smallest absolute Gasteiger partial charge is 0.292 e. The first-order valence-electron chi connectivity index (χ1n) is 6.34. The van der Waals surface area contributed by atoms with Gasteiger partial charge < -0.3 is 0 Å². The monoisotopic (exact) mass is 309 g/mol. The lowest BCUT2D eigenvalue weighted by atomic mass is 10.0. The number of rotatable bonds is 5. The van der Waals surface area contributed by atoms with Crippen LogP contribution in [0.4, 0.5) is 22.0 Å². The van der Waals surface area contributed by atoms with Gasteiger partial charge in [0.25, 0.3) is 0 Å². The maximum atomic E-state index is 13.6. The number of halogens is 5. The van der Waals surface area contributed by atoms with Gasteiger partial charge in [-0.3, -0.25) is 9.69 Å². The summed E-state index contributed by atoms with van der Waals surface area (Å²) in [6.07, 6.45) is -4.47. The lowest BCUT2D eigenvalue weighted by molar-refractivity contribution is -0.152. The Bertz CT molecular complexity index is 513. The average molecular weight is 309 g/mol. The highest BCUT2D eigenvalue weighted by Gasteiger charge is 2.36. The molecule has 0 saturated heterocycles. The van der Waals surface area contributed by atoms with Gasteiger partial charge in [-0.15, -0.1) is 0 Å². The number of carbonyl (C=O) groups is 1. The zero-order valence-corrected chi connectivity index (χ0v) is 11.8. The quantitative estimate of drug-likeness (QED) is 0.609. The third-order valence-electron chi connectivity index (χ3n) is 3.10. The maximum Gasteiger partial charge on any atom is 0.401 e. The zero-order valence-electron chi connectivity index (χ0n) is 11.8. The molecule has 7 heteroatoms. The molecule has 0 N–H and O–H groups in total. The molecular weight excluding hydrogens is 293 g/mol. The molecule has 0 saturated carbocycles. The molecule has 1 rings (SSSR count). The number of Topliss-reactive ketones (excluding diaryl/α,β-unsaturated/α-hetero) is 1. The molecular formula is C14H16F5NO. The Hall–Kier alpha value is -1.50. The molecule has 2 nitrogen and oxygen atoms in total. The lowest BCUT2D eigenvalue weighted by Crippen LogP contribution is -2.48. The van der Waals surface area contributed by atoms with E-state index >= 15 is 0 Å². The van der Waals surface area contributed by atoms with E-state index in [4.69, 9.17) is 0 Å². The van der Waals surface area contributed by atoms with E-state index in [1.54, 1.807) is 0 Å². The summed E-state index contributed by atoms with van der Waals surface area (Å²) in [4.78, 5) is 13.1. The average Bonchev–Trinajstić information content (AvgIpc) is 2.33. The van der Waals surface area contributed by atoms with Gasteiger partial charge in [0.1, 0.15) is 11.6 Å². The van der Waals surface area contributed by atoms with Gasteiger partial charge in [-0.25, -0.2) is 8.78 Å². The first-order valence-corrected chi connectivity index (χ1v) is 6.34. The predicted molar refractivity (Wildman–Crippen MR) is 68.0 cm³/mol. The van der Waals surface area contributed by atoms with Crippen molar-refractivity contribution in [2.24, 2.45) is 0 Å². The number of benzene rings is 1. The molecule has 1 aromatic carbocycles. The fourth-order valence-electron chi connectivity index (χ4n) is 2.04. The molecule has 0 aliphatic rings. The fourth-order valence-corrected chi connectivity index (χ4v) is 2.04. The van der Waals surface area contributed by atoms with Crippen LogP contribution in [0.25, 0.3) is 0 Å². The summed E-state index contributed by atoms with van der Waals surface area (Å²) in [6, 6.07) is 0.631. The number of nitrogens with zero attached hydrogens (tertiary/aromatic N) is 1. The van der Waals surface area contributed by atoms with Crippen LogP contribution in [0.1, 0.15) is 31.1 Å². The first-order chi connectivity index (χ1) is 9.53. The minimum atomic E-state index is -4.47. The Kier molecular flexibility index (Phi) is 5.44. The molecule has 118 valence electrons. The van der Waals surface area contributed by atoms with Crippen LogP contribution in [0.2, 0.25) is 0 Å². The Morgan fingerprint density at radius 3 is 2.19 bits per heavy atom. The van der Waals surface area contributed by atoms with Crippen molar-refractivity contribution in [3.05, 3.63) is 35.4 Å². The number of hydrogen-bond donors (Lipinski definition) is 0. The standard InChI is InChI=1S/C14H16F5NO/c1-8(2)20(7-14(17,18)19)9(3)13(21)11-5-4-10(15)6-12(11)16/h4-6,8-9H,7H2,1-3H3. The number of carbonyl (C=O) groups excluding carboxylic acids is 1. The van der Waals surface area contributed by atoms with E-state index in [2.05, 4.69) is 0 Å². The summed E-state index contributed by atoms with van der Waals surface area (Å²) in [6.45, 7) is 3.02. The largest absolute Gasteiger partial charge is 0.401 e. The van der Waals surface area contributed by atoms with Gasteiger partial charge in [-0.2, -0.15) is 13.2 Å². The molecule has 21 heavy (non-hydrogen) atoms. The second-order valence-corrected chi connectivity index (χ2v) is 5.05. The van der Waals surface area contributed by atoms with Crippen LogP contribution >= 0.6 is 0 Å². The summed E-state index contributed by atoms with van der Waals surface area (Å²) in [7, 11) is 0. The molecule has 1 aromatic rings. The minimum absolute atomic E-state index is 0.420. The molecule has 0 bridgehead atoms. The van der Waals surface area contributed by atoms with Crippen LogP contribution in [0.15, 0.2) is 18.2 Å². The topological polar surface area (TPSA) is 20.3 Å². The summed E-state index contributed by atoms with van der Waals surface area (Å²) in [5.41, 5.74) is -0.420. The molecule has 0 fully saturated rings. The van der Waals surface area contributed by atoms with Gasteiger partial charge >= 0.3 is 6.18 Å². The van der Waals surface area contributed by atoms with Crippen molar-refractivity contribution in [2.45, 2.75) is 39.0 Å². The summed E-state index contributed by atoms with van der Waals surface area (Å²) in [5.74, 6) is -2.75. The number of ketones is 1. The summed E-state index contributed by atoms with van der Waals surface area (Å²) < 4.78 is 64.0. The highest BCUT2D eigenvalue weighted by Crippen LogP contribution is 2.22. The fraction of sp³-hybridized carbons (Fsp3) is 0.500. The van der Waals surface area contributed by atoms with E-state index in [9.17, 15) is 26.7 Å². The number of alkyl halides is 3. The second kappa shape index (κ2) is 6.51. The molecule has 0 amide bonds. The lowest BCUT2D eigenvalue weighted by Gasteiger charge is -2.32. The molecule has 0 heterocycles. The van der Waals surface area contributed by atoms with E-state index in [1.807, 2.05) is 0 Å². The van der Waals surface area contributed by atoms with E-state index in [-0.39, 0.29) is 0 Å². The predicted octanol–water partition coefficient (Wildman–Crippen LogP) is 3.81. The van der Waals surface area contributed by atoms with Crippen molar-refractivity contribution in [1.29, 1.82) is 0 Å². The SMILES string of the molecule is CC(C)N(CC(F)(F)F)C(C)C(=O)c1ccc(F)cc1F. The van der Waals surface area contributed by atoms with Gasteiger partial charge in [0.15, 0.2) is 5.78 Å². The van der Waals surface area contributed by atoms with Gasteiger partial charge in [0.2, 0.25) is 0 Å². The van der Waals surface area contributed by atoms with Crippen LogP contribution in [0.3, 0.4) is 0 Å². The molecule has 0 aliphatic heterocycles. The molecule has 0 aromatic heterocycles. The van der Waals surface area contributed by atoms with Crippen molar-refractivity contribution in [2.75, 3.05) is 6.54 Å². The molecule has 1 atom stereocenters. The highest BCUT2D eigenvalue weighted by atomic mass is 19.4. The van der Waals surface area contributed by atoms with Crippen molar-refractivity contribution in [3.63, 3.8) is 0 Å². The second-order valence-electron chi connectivity index (χ2n) is 5.05. The van der Waals surface area contributed by atoms with Crippen molar-refractivity contribution in [1.82, 2.24) is 4.90 Å². The zero-order chi connectivity index (χ0) is 16.4. The van der Waals surface area contributed by atoms with E-state index < -0.39 is 47.8 Å². The van der Waals surface area contributed by atoms with Crippen molar-refractivity contribution >= 4 is 5.78 Å². The van der Waals surface area contributed by atoms with Gasteiger partial charge in [0.05, 0.1) is 18.2 Å². The molecule has 0 spiro atoms. The third-order valence-corrected chi connectivity index (χ3v) is 3.10. The Morgan fingerprint density at radius 2 is 1.76 bits per heavy atom. The van der Waals surface area contributed by atoms with E-state index in [1.165, 1.54) is 20.8 Å². The van der Waals surface area contributed by atoms with Gasteiger partial charge in [-0.05, 0) is 32.9 Å². The molecule has 0 aliphatic carbocycles. The Labute approximate surface area is 119 Å². The van der Waals surface area contributed by atoms with Gasteiger partial charge in [-0.1, -0.05) is 0 Å². The van der Waals surface area contributed by atoms with Gasteiger partial charge in [0, 0.05) is 12.1 Å². The first kappa shape index (κ1) is 17.6. The van der Waals surface area contributed by atoms with Crippen LogP contribution < -0.4 is 0 Å². The third kappa shape index (κ3) is 4.77. The summed E-state index contributed by atoms with van der Waals surface area (Å²) in [5, 5.41) is 0. The maximum absolute atomic E-state index is 13.6. The van der Waals surface area contributed by atoms with Crippen molar-refractivity contribution < 1.29 is 26.7 Å². The minimum Gasteiger partial charge on any atom is -0.292 e. The van der Waals surface area contributed by atoms with Crippen LogP contribution in [-0.4, -0.2) is 35.5 Å². The highest BCUT2D eigenvalue weighted by molar-refractivity contribution is 6.00. The van der Waals surface area contributed by atoms with E-state index in [0.29, 0.717) is 6.07 Å². The molecule has 1 unspecified atom stereocenters. The van der Waals surface area contributed by atoms with Crippen LogP contribution in [-0.2, 0) is 0 Å². The van der Waals surface area contributed by atoms with Crippen LogP contribution in [0, 0.1) is 11.6 Å². The number of hydrogen-bond acceptors (Lipinski definition) is 2. The normalized spacial score (nSPS) is 13.8. The van der Waals surface area contributed by atoms with Crippen molar-refractivity contribution in [3.8, 4) is 0 Å². The molecule has 0 radical (unpaired) electrons. The summed E-state index contributed by atoms with van der Waals surface area (Å²) >= 11 is 0. The van der Waals surface area contributed by atoms with Crippen LogP contribution in [0.5, 0.6) is 0 Å².